The number of anilines is 1. The van der Waals surface area contributed by atoms with Crippen molar-refractivity contribution in [2.75, 3.05) is 18.0 Å². The third-order valence-corrected chi connectivity index (χ3v) is 6.52. The molecule has 5 heteroatoms. The Morgan fingerprint density at radius 3 is 2.57 bits per heavy atom. The smallest absolute Gasteiger partial charge is 0.243 e. The molecule has 0 aliphatic carbocycles. The van der Waals surface area contributed by atoms with Gasteiger partial charge >= 0.3 is 0 Å². The summed E-state index contributed by atoms with van der Waals surface area (Å²) in [6, 6.07) is 22.2. The minimum absolute atomic E-state index is 0.0903. The van der Waals surface area contributed by atoms with Gasteiger partial charge in [-0.3, -0.25) is 4.79 Å². The fourth-order valence-corrected chi connectivity index (χ4v) is 4.77. The van der Waals surface area contributed by atoms with Gasteiger partial charge in [-0.25, -0.2) is 0 Å². The fourth-order valence-electron chi connectivity index (χ4n) is 3.92. The second-order valence-electron chi connectivity index (χ2n) is 7.41. The minimum Gasteiger partial charge on any atom is -0.361 e. The van der Waals surface area contributed by atoms with Gasteiger partial charge in [-0.2, -0.15) is 0 Å². The molecule has 4 aromatic rings. The summed E-state index contributed by atoms with van der Waals surface area (Å²) >= 11 is 1.76. The van der Waals surface area contributed by atoms with Gasteiger partial charge in [-0.15, -0.1) is 11.3 Å². The molecule has 0 bridgehead atoms. The first-order valence-corrected chi connectivity index (χ1v) is 11.3. The highest BCUT2D eigenvalue weighted by molar-refractivity contribution is 7.10. The summed E-state index contributed by atoms with van der Waals surface area (Å²) in [4.78, 5) is 19.7. The Labute approximate surface area is 181 Å². The van der Waals surface area contributed by atoms with Crippen LogP contribution in [0.25, 0.3) is 10.9 Å². The number of amides is 1. The van der Waals surface area contributed by atoms with Gasteiger partial charge in [0.1, 0.15) is 0 Å². The molecule has 154 valence electrons. The lowest BCUT2D eigenvalue weighted by Gasteiger charge is -2.26. The number of benzene rings is 2. The van der Waals surface area contributed by atoms with Gasteiger partial charge in [-0.05, 0) is 49.1 Å². The number of aromatic nitrogens is 1. The van der Waals surface area contributed by atoms with E-state index in [-0.39, 0.29) is 17.9 Å². The zero-order valence-electron chi connectivity index (χ0n) is 17.3. The number of nitrogens with zero attached hydrogens (tertiary/aromatic N) is 1. The monoisotopic (exact) mass is 417 g/mol. The highest BCUT2D eigenvalue weighted by Crippen LogP contribution is 2.33. The van der Waals surface area contributed by atoms with Crippen LogP contribution in [0.1, 0.15) is 30.2 Å². The second kappa shape index (κ2) is 9.28. The summed E-state index contributed by atoms with van der Waals surface area (Å²) in [5.41, 5.74) is 3.33. The largest absolute Gasteiger partial charge is 0.361 e. The average Bonchev–Trinajstić information content (AvgIpc) is 3.46. The van der Waals surface area contributed by atoms with E-state index < -0.39 is 0 Å². The molecular weight excluding hydrogens is 390 g/mol. The maximum Gasteiger partial charge on any atom is 0.243 e. The van der Waals surface area contributed by atoms with E-state index in [1.807, 2.05) is 55.1 Å². The summed E-state index contributed by atoms with van der Waals surface area (Å²) < 4.78 is 0. The van der Waals surface area contributed by atoms with Crippen LogP contribution in [0.5, 0.6) is 0 Å². The van der Waals surface area contributed by atoms with Gasteiger partial charge in [0.25, 0.3) is 0 Å². The average molecular weight is 418 g/mol. The Balaban J connectivity index is 1.53. The Morgan fingerprint density at radius 2 is 1.83 bits per heavy atom. The molecular formula is C25H27N3OS. The standard InChI is InChI=1S/C25H27N3OS/c1-3-28(19-10-5-4-6-11-19)25(29)18(2)26-17-22(24-14-9-15-30-24)21-16-27-23-13-8-7-12-20(21)23/h4-16,18,22,26-27H,3,17H2,1-2H3/t18-,22+/m1/s1. The molecule has 1 amide bonds. The van der Waals surface area contributed by atoms with Crippen LogP contribution in [0.15, 0.2) is 78.3 Å². The fraction of sp³-hybridized carbons (Fsp3) is 0.240. The first-order chi connectivity index (χ1) is 14.7. The summed E-state index contributed by atoms with van der Waals surface area (Å²) in [5, 5.41) is 6.85. The number of aromatic amines is 1. The van der Waals surface area contributed by atoms with E-state index in [4.69, 9.17) is 0 Å². The van der Waals surface area contributed by atoms with Crippen molar-refractivity contribution in [1.82, 2.24) is 10.3 Å². The lowest BCUT2D eigenvalue weighted by Crippen LogP contribution is -2.46. The van der Waals surface area contributed by atoms with Crippen LogP contribution < -0.4 is 10.2 Å². The van der Waals surface area contributed by atoms with Crippen LogP contribution in [-0.2, 0) is 4.79 Å². The van der Waals surface area contributed by atoms with Crippen molar-refractivity contribution in [3.63, 3.8) is 0 Å². The van der Waals surface area contributed by atoms with Crippen LogP contribution in [-0.4, -0.2) is 30.0 Å². The van der Waals surface area contributed by atoms with E-state index in [0.29, 0.717) is 13.1 Å². The zero-order chi connectivity index (χ0) is 20.9. The van der Waals surface area contributed by atoms with Crippen LogP contribution in [0.4, 0.5) is 5.69 Å². The molecule has 4 nitrogen and oxygen atoms in total. The molecule has 0 radical (unpaired) electrons. The van der Waals surface area contributed by atoms with Gasteiger partial charge in [0.05, 0.1) is 6.04 Å². The Bertz CT molecular complexity index is 1090. The number of thiophene rings is 1. The van der Waals surface area contributed by atoms with E-state index in [1.165, 1.54) is 15.8 Å². The molecule has 0 unspecified atom stereocenters. The molecule has 0 saturated carbocycles. The molecule has 0 aliphatic rings. The van der Waals surface area contributed by atoms with E-state index in [9.17, 15) is 4.79 Å². The first-order valence-electron chi connectivity index (χ1n) is 10.4. The highest BCUT2D eigenvalue weighted by Gasteiger charge is 2.24. The van der Waals surface area contributed by atoms with Gasteiger partial charge in [0.15, 0.2) is 0 Å². The van der Waals surface area contributed by atoms with Crippen LogP contribution in [0, 0.1) is 0 Å². The first kappa shape index (κ1) is 20.4. The van der Waals surface area contributed by atoms with Crippen LogP contribution >= 0.6 is 11.3 Å². The molecule has 0 saturated heterocycles. The summed E-state index contributed by atoms with van der Waals surface area (Å²) in [6.45, 7) is 5.31. The van der Waals surface area contributed by atoms with Crippen molar-refractivity contribution in [2.45, 2.75) is 25.8 Å². The van der Waals surface area contributed by atoms with Crippen molar-refractivity contribution in [3.05, 3.63) is 88.7 Å². The molecule has 2 heterocycles. The highest BCUT2D eigenvalue weighted by atomic mass is 32.1. The van der Waals surface area contributed by atoms with Crippen LogP contribution in [0.2, 0.25) is 0 Å². The molecule has 4 rings (SSSR count). The molecule has 2 N–H and O–H groups in total. The number of hydrogen-bond donors (Lipinski definition) is 2. The maximum atomic E-state index is 13.1. The number of carbonyl (C=O) groups excluding carboxylic acids is 1. The molecule has 0 fully saturated rings. The molecule has 30 heavy (non-hydrogen) atoms. The lowest BCUT2D eigenvalue weighted by molar-refractivity contribution is -0.120. The predicted molar refractivity (Wildman–Crippen MR) is 126 cm³/mol. The molecule has 2 aromatic carbocycles. The van der Waals surface area contributed by atoms with Crippen molar-refractivity contribution in [3.8, 4) is 0 Å². The van der Waals surface area contributed by atoms with Gasteiger partial charge in [-0.1, -0.05) is 42.5 Å². The number of H-pyrrole nitrogens is 1. The number of hydrogen-bond acceptors (Lipinski definition) is 3. The zero-order valence-corrected chi connectivity index (χ0v) is 18.2. The van der Waals surface area contributed by atoms with Crippen molar-refractivity contribution in [2.24, 2.45) is 0 Å². The lowest BCUT2D eigenvalue weighted by atomic mass is 9.96. The summed E-state index contributed by atoms with van der Waals surface area (Å²) in [7, 11) is 0. The SMILES string of the molecule is CCN(C(=O)[C@@H](C)NC[C@H](c1cccs1)c1c[nH]c2ccccc12)c1ccccc1. The number of nitrogens with one attached hydrogen (secondary N) is 2. The third kappa shape index (κ3) is 4.18. The second-order valence-corrected chi connectivity index (χ2v) is 8.38. The molecule has 0 spiro atoms. The Hall–Kier alpha value is -2.89. The summed E-state index contributed by atoms with van der Waals surface area (Å²) in [6.07, 6.45) is 2.10. The van der Waals surface area contributed by atoms with Gasteiger partial charge < -0.3 is 15.2 Å². The molecule has 2 aromatic heterocycles. The van der Waals surface area contributed by atoms with E-state index >= 15 is 0 Å². The number of likely N-dealkylation sites (N-methyl/N-ethyl adjacent to an activating group) is 1. The van der Waals surface area contributed by atoms with E-state index in [2.05, 4.69) is 52.2 Å². The summed E-state index contributed by atoms with van der Waals surface area (Å²) in [5.74, 6) is 0.274. The van der Waals surface area contributed by atoms with Gasteiger partial charge in [0, 0.05) is 46.7 Å². The van der Waals surface area contributed by atoms with Gasteiger partial charge in [0.2, 0.25) is 5.91 Å². The minimum atomic E-state index is -0.280. The van der Waals surface area contributed by atoms with E-state index in [1.54, 1.807) is 11.3 Å². The normalized spacial score (nSPS) is 13.3. The third-order valence-electron chi connectivity index (χ3n) is 5.53. The number of carbonyl (C=O) groups is 1. The Morgan fingerprint density at radius 1 is 1.07 bits per heavy atom. The Kier molecular flexibility index (Phi) is 6.31. The van der Waals surface area contributed by atoms with Crippen molar-refractivity contribution in [1.29, 1.82) is 0 Å². The topological polar surface area (TPSA) is 48.1 Å². The number of para-hydroxylation sites is 2. The quantitative estimate of drug-likeness (QED) is 0.404. The van der Waals surface area contributed by atoms with Crippen LogP contribution in [0.3, 0.4) is 0 Å². The van der Waals surface area contributed by atoms with Crippen molar-refractivity contribution >= 4 is 33.8 Å². The number of rotatable bonds is 8. The predicted octanol–water partition coefficient (Wildman–Crippen LogP) is 5.39. The molecule has 2 atom stereocenters. The van der Waals surface area contributed by atoms with Crippen molar-refractivity contribution < 1.29 is 4.79 Å². The number of fused-ring (bicyclic) bond motifs is 1. The van der Waals surface area contributed by atoms with E-state index in [0.717, 1.165) is 11.2 Å². The maximum absolute atomic E-state index is 13.1. The molecule has 0 aliphatic heterocycles.